The minimum Gasteiger partial charge on any atom is -0.308 e. The number of halogens is 1. The number of fused-ring (bicyclic) bond motifs is 1. The third-order valence-electron chi connectivity index (χ3n) is 5.25. The van der Waals surface area contributed by atoms with E-state index in [4.69, 9.17) is 0 Å². The first kappa shape index (κ1) is 18.9. The summed E-state index contributed by atoms with van der Waals surface area (Å²) >= 11 is 0. The summed E-state index contributed by atoms with van der Waals surface area (Å²) < 4.78 is 14.6. The predicted molar refractivity (Wildman–Crippen MR) is 113 cm³/mol. The summed E-state index contributed by atoms with van der Waals surface area (Å²) in [5.41, 5.74) is 4.05. The second-order valence-corrected chi connectivity index (χ2v) is 7.32. The van der Waals surface area contributed by atoms with Gasteiger partial charge in [0.25, 0.3) is 0 Å². The van der Waals surface area contributed by atoms with Gasteiger partial charge >= 0.3 is 6.03 Å². The number of rotatable bonds is 3. The molecular weight excluding hydrogens is 367 g/mol. The molecule has 0 bridgehead atoms. The second kappa shape index (κ2) is 7.87. The van der Waals surface area contributed by atoms with E-state index < -0.39 is 11.8 Å². The van der Waals surface area contributed by atoms with E-state index in [-0.39, 0.29) is 17.4 Å². The molecule has 0 saturated heterocycles. The van der Waals surface area contributed by atoms with Gasteiger partial charge in [0.2, 0.25) is 0 Å². The predicted octanol–water partition coefficient (Wildman–Crippen LogP) is 5.90. The van der Waals surface area contributed by atoms with Crippen molar-refractivity contribution in [1.29, 1.82) is 0 Å². The van der Waals surface area contributed by atoms with Crippen LogP contribution in [-0.4, -0.2) is 11.8 Å². The fourth-order valence-electron chi connectivity index (χ4n) is 3.59. The molecule has 0 fully saturated rings. The van der Waals surface area contributed by atoms with E-state index in [9.17, 15) is 14.0 Å². The average Bonchev–Trinajstić information content (AvgIpc) is 2.73. The molecule has 0 aromatic heterocycles. The first-order valence-corrected chi connectivity index (χ1v) is 9.61. The third-order valence-corrected chi connectivity index (χ3v) is 5.25. The molecule has 3 aromatic rings. The molecule has 0 radical (unpaired) electrons. The maximum Gasteiger partial charge on any atom is 0.323 e. The van der Waals surface area contributed by atoms with Gasteiger partial charge in [0.05, 0.1) is 5.69 Å². The van der Waals surface area contributed by atoms with Crippen LogP contribution in [0, 0.1) is 11.7 Å². The van der Waals surface area contributed by atoms with E-state index in [1.165, 1.54) is 6.07 Å². The lowest BCUT2D eigenvalue weighted by Crippen LogP contribution is -2.20. The summed E-state index contributed by atoms with van der Waals surface area (Å²) in [7, 11) is 0. The minimum absolute atomic E-state index is 0.0539. The number of hydrogen-bond donors (Lipinski definition) is 2. The Balaban J connectivity index is 1.52. The molecule has 3 aromatic carbocycles. The molecule has 29 heavy (non-hydrogen) atoms. The summed E-state index contributed by atoms with van der Waals surface area (Å²) in [4.78, 5) is 24.4. The summed E-state index contributed by atoms with van der Waals surface area (Å²) in [5.74, 6) is -0.292. The Kier molecular flexibility index (Phi) is 5.12. The highest BCUT2D eigenvalue weighted by molar-refractivity contribution is 6.01. The number of nitrogens with one attached hydrogen (secondary N) is 2. The van der Waals surface area contributed by atoms with Crippen molar-refractivity contribution in [2.24, 2.45) is 5.92 Å². The maximum atomic E-state index is 14.6. The fourth-order valence-corrected chi connectivity index (χ4v) is 3.59. The third kappa shape index (κ3) is 4.04. The van der Waals surface area contributed by atoms with Gasteiger partial charge in [0.1, 0.15) is 5.82 Å². The topological polar surface area (TPSA) is 58.2 Å². The van der Waals surface area contributed by atoms with Crippen LogP contribution in [-0.2, 0) is 6.42 Å². The Labute approximate surface area is 168 Å². The largest absolute Gasteiger partial charge is 0.323 e. The monoisotopic (exact) mass is 388 g/mol. The van der Waals surface area contributed by atoms with Crippen molar-refractivity contribution in [1.82, 2.24) is 0 Å². The SMILES string of the molecule is CC1CCc2cc(-c3ccc(NC(=O)Nc4ccccc4)c(F)c3)ccc2C1=O. The molecule has 1 aliphatic carbocycles. The van der Waals surface area contributed by atoms with Gasteiger partial charge in [-0.05, 0) is 53.8 Å². The quantitative estimate of drug-likeness (QED) is 0.587. The Morgan fingerprint density at radius 3 is 2.45 bits per heavy atom. The highest BCUT2D eigenvalue weighted by Crippen LogP contribution is 2.31. The van der Waals surface area contributed by atoms with Crippen LogP contribution in [0.4, 0.5) is 20.6 Å². The summed E-state index contributed by atoms with van der Waals surface area (Å²) in [5, 5.41) is 5.19. The zero-order valence-corrected chi connectivity index (χ0v) is 16.0. The number of Topliss-reactive ketones (excluding diaryl/α,β-unsaturated/α-hetero) is 1. The van der Waals surface area contributed by atoms with E-state index >= 15 is 0 Å². The number of ketones is 1. The van der Waals surface area contributed by atoms with Crippen LogP contribution in [0.3, 0.4) is 0 Å². The molecular formula is C24H21FN2O2. The molecule has 1 aliphatic rings. The van der Waals surface area contributed by atoms with Crippen LogP contribution in [0.1, 0.15) is 29.3 Å². The van der Waals surface area contributed by atoms with Gasteiger partial charge in [0.15, 0.2) is 5.78 Å². The van der Waals surface area contributed by atoms with Crippen LogP contribution in [0.5, 0.6) is 0 Å². The van der Waals surface area contributed by atoms with Crippen molar-refractivity contribution in [3.8, 4) is 11.1 Å². The zero-order chi connectivity index (χ0) is 20.4. The smallest absolute Gasteiger partial charge is 0.308 e. The van der Waals surface area contributed by atoms with Crippen molar-refractivity contribution in [3.05, 3.63) is 83.7 Å². The summed E-state index contributed by atoms with van der Waals surface area (Å²) in [6.07, 6.45) is 1.68. The highest BCUT2D eigenvalue weighted by atomic mass is 19.1. The van der Waals surface area contributed by atoms with E-state index in [2.05, 4.69) is 10.6 Å². The molecule has 1 unspecified atom stereocenters. The number of para-hydroxylation sites is 1. The van der Waals surface area contributed by atoms with Crippen LogP contribution < -0.4 is 10.6 Å². The number of carbonyl (C=O) groups is 2. The number of benzene rings is 3. The second-order valence-electron chi connectivity index (χ2n) is 7.32. The van der Waals surface area contributed by atoms with E-state index in [1.54, 1.807) is 36.4 Å². The first-order chi connectivity index (χ1) is 14.0. The first-order valence-electron chi connectivity index (χ1n) is 9.61. The molecule has 0 heterocycles. The van der Waals surface area contributed by atoms with E-state index in [0.717, 1.165) is 29.5 Å². The van der Waals surface area contributed by atoms with Crippen LogP contribution >= 0.6 is 0 Å². The van der Waals surface area contributed by atoms with Crippen LogP contribution in [0.15, 0.2) is 66.7 Å². The minimum atomic E-state index is -0.520. The number of carbonyl (C=O) groups excluding carboxylic acids is 2. The number of amides is 2. The van der Waals surface area contributed by atoms with Gasteiger partial charge in [-0.15, -0.1) is 0 Å². The maximum absolute atomic E-state index is 14.6. The van der Waals surface area contributed by atoms with Gasteiger partial charge in [-0.2, -0.15) is 0 Å². The number of aryl methyl sites for hydroxylation is 1. The van der Waals surface area contributed by atoms with Crippen molar-refractivity contribution in [2.75, 3.05) is 10.6 Å². The van der Waals surface area contributed by atoms with Gasteiger partial charge in [-0.25, -0.2) is 9.18 Å². The molecule has 0 saturated carbocycles. The zero-order valence-electron chi connectivity index (χ0n) is 16.0. The standard InChI is InChI=1S/C24H21FN2O2/c1-15-7-8-18-13-16(9-11-20(18)23(15)28)17-10-12-22(21(25)14-17)27-24(29)26-19-5-3-2-4-6-19/h2-6,9-15H,7-8H2,1H3,(H2,26,27,29). The lowest BCUT2D eigenvalue weighted by atomic mass is 9.82. The number of hydrogen-bond acceptors (Lipinski definition) is 2. The molecule has 0 spiro atoms. The molecule has 2 N–H and O–H groups in total. The Bertz CT molecular complexity index is 1080. The molecule has 4 nitrogen and oxygen atoms in total. The van der Waals surface area contributed by atoms with Crippen molar-refractivity contribution >= 4 is 23.2 Å². The number of urea groups is 1. The van der Waals surface area contributed by atoms with Gasteiger partial charge in [-0.1, -0.05) is 49.4 Å². The van der Waals surface area contributed by atoms with Crippen molar-refractivity contribution in [2.45, 2.75) is 19.8 Å². The Hall–Kier alpha value is -3.47. The van der Waals surface area contributed by atoms with E-state index in [1.807, 2.05) is 31.2 Å². The molecule has 4 rings (SSSR count). The van der Waals surface area contributed by atoms with Crippen molar-refractivity contribution in [3.63, 3.8) is 0 Å². The lowest BCUT2D eigenvalue weighted by Gasteiger charge is -2.21. The molecule has 0 aliphatic heterocycles. The van der Waals surface area contributed by atoms with Crippen molar-refractivity contribution < 1.29 is 14.0 Å². The lowest BCUT2D eigenvalue weighted by molar-refractivity contribution is 0.0913. The average molecular weight is 388 g/mol. The highest BCUT2D eigenvalue weighted by Gasteiger charge is 2.24. The van der Waals surface area contributed by atoms with Gasteiger partial charge < -0.3 is 10.6 Å². The summed E-state index contributed by atoms with van der Waals surface area (Å²) in [6.45, 7) is 1.95. The normalized spacial score (nSPS) is 15.5. The number of anilines is 2. The molecule has 2 amide bonds. The Morgan fingerprint density at radius 2 is 1.69 bits per heavy atom. The van der Waals surface area contributed by atoms with Crippen LogP contribution in [0.2, 0.25) is 0 Å². The van der Waals surface area contributed by atoms with E-state index in [0.29, 0.717) is 11.3 Å². The van der Waals surface area contributed by atoms with Crippen LogP contribution in [0.25, 0.3) is 11.1 Å². The molecule has 146 valence electrons. The van der Waals surface area contributed by atoms with Gasteiger partial charge in [0, 0.05) is 17.2 Å². The summed E-state index contributed by atoms with van der Waals surface area (Å²) in [6, 6.07) is 18.8. The molecule has 5 heteroatoms. The van der Waals surface area contributed by atoms with Gasteiger partial charge in [-0.3, -0.25) is 4.79 Å². The Morgan fingerprint density at radius 1 is 0.966 bits per heavy atom. The fraction of sp³-hybridized carbons (Fsp3) is 0.167. The molecule has 1 atom stereocenters.